The number of Topliss-reactive ketones (excluding diaryl/α,β-unsaturated/α-hetero) is 1. The minimum atomic E-state index is -3.78. The maximum Gasteiger partial charge on any atom is 0.254 e. The van der Waals surface area contributed by atoms with Crippen molar-refractivity contribution in [1.82, 2.24) is 14.3 Å². The van der Waals surface area contributed by atoms with Crippen LogP contribution in [0.25, 0.3) is 22.0 Å². The molecular formula is C33H27F4N3O4S. The molecule has 0 aliphatic rings. The number of hydrogen-bond donors (Lipinski definition) is 1. The van der Waals surface area contributed by atoms with Crippen LogP contribution in [0.3, 0.4) is 0 Å². The van der Waals surface area contributed by atoms with Gasteiger partial charge >= 0.3 is 0 Å². The average Bonchev–Trinajstić information content (AvgIpc) is 3.34. The molecule has 5 rings (SSSR count). The molecule has 2 aromatic heterocycles. The van der Waals surface area contributed by atoms with E-state index in [1.165, 1.54) is 37.6 Å². The van der Waals surface area contributed by atoms with Crippen molar-refractivity contribution in [3.05, 3.63) is 125 Å². The van der Waals surface area contributed by atoms with Gasteiger partial charge in [-0.2, -0.15) is 0 Å². The highest BCUT2D eigenvalue weighted by molar-refractivity contribution is 7.89. The van der Waals surface area contributed by atoms with Gasteiger partial charge in [-0.05, 0) is 71.6 Å². The highest BCUT2D eigenvalue weighted by Crippen LogP contribution is 2.34. The van der Waals surface area contributed by atoms with Gasteiger partial charge in [-0.1, -0.05) is 12.1 Å². The Bertz CT molecular complexity index is 2040. The third-order valence-electron chi connectivity index (χ3n) is 7.41. The summed E-state index contributed by atoms with van der Waals surface area (Å²) in [5, 5.41) is 2.64. The summed E-state index contributed by atoms with van der Waals surface area (Å²) in [6, 6.07) is 13.9. The molecule has 0 spiro atoms. The summed E-state index contributed by atoms with van der Waals surface area (Å²) < 4.78 is 82.8. The van der Waals surface area contributed by atoms with Crippen molar-refractivity contribution < 1.29 is 35.6 Å². The van der Waals surface area contributed by atoms with E-state index in [9.17, 15) is 35.6 Å². The Labute approximate surface area is 256 Å². The van der Waals surface area contributed by atoms with Crippen LogP contribution in [0.15, 0.2) is 79.1 Å². The molecule has 0 bridgehead atoms. The van der Waals surface area contributed by atoms with Gasteiger partial charge in [0.2, 0.25) is 10.0 Å². The molecule has 0 saturated heterocycles. The third-order valence-corrected chi connectivity index (χ3v) is 8.43. The van der Waals surface area contributed by atoms with E-state index in [1.54, 1.807) is 12.1 Å². The van der Waals surface area contributed by atoms with Crippen molar-refractivity contribution in [3.8, 4) is 11.1 Å². The second-order valence-corrected chi connectivity index (χ2v) is 12.5. The molecule has 0 saturated carbocycles. The van der Waals surface area contributed by atoms with E-state index in [1.807, 2.05) is 0 Å². The zero-order valence-electron chi connectivity index (χ0n) is 24.2. The largest absolute Gasteiger partial charge is 0.355 e. The molecule has 232 valence electrons. The Balaban J connectivity index is 1.56. The predicted octanol–water partition coefficient (Wildman–Crippen LogP) is 5.96. The van der Waals surface area contributed by atoms with E-state index in [4.69, 9.17) is 0 Å². The molecule has 3 aromatic carbocycles. The van der Waals surface area contributed by atoms with E-state index in [2.05, 4.69) is 10.3 Å². The van der Waals surface area contributed by atoms with Crippen molar-refractivity contribution in [2.24, 2.45) is 0 Å². The Morgan fingerprint density at radius 2 is 1.67 bits per heavy atom. The molecule has 0 aliphatic heterocycles. The van der Waals surface area contributed by atoms with Crippen LogP contribution in [0.4, 0.5) is 17.6 Å². The summed E-state index contributed by atoms with van der Waals surface area (Å²) in [6.45, 7) is 0. The van der Waals surface area contributed by atoms with Crippen LogP contribution >= 0.6 is 0 Å². The third kappa shape index (κ3) is 6.96. The van der Waals surface area contributed by atoms with Crippen LogP contribution in [-0.2, 0) is 27.7 Å². The zero-order valence-corrected chi connectivity index (χ0v) is 25.0. The second kappa shape index (κ2) is 12.6. The molecule has 1 atom stereocenters. The molecule has 0 fully saturated rings. The van der Waals surface area contributed by atoms with Gasteiger partial charge in [-0.15, -0.1) is 0 Å². The Morgan fingerprint density at radius 1 is 0.933 bits per heavy atom. The number of benzene rings is 3. The average molecular weight is 638 g/mol. The fourth-order valence-electron chi connectivity index (χ4n) is 5.48. The number of carbonyl (C=O) groups excluding carboxylic acids is 2. The Morgan fingerprint density at radius 3 is 2.36 bits per heavy atom. The molecular weight excluding hydrogens is 610 g/mol. The van der Waals surface area contributed by atoms with Crippen LogP contribution in [-0.4, -0.2) is 42.4 Å². The lowest BCUT2D eigenvalue weighted by atomic mass is 9.85. The Kier molecular flexibility index (Phi) is 8.87. The highest BCUT2D eigenvalue weighted by atomic mass is 32.2. The van der Waals surface area contributed by atoms with E-state index in [-0.39, 0.29) is 52.6 Å². The standard InChI is InChI=1S/C33H27F4N3O4S/c1-38-33(42)29-15-20(5-7-30(29)37)27-4-3-9-39-32(27)21(10-19-11-24(35)16-25(36)12-19)13-26(41)14-22-18-40(45(2,43)44)31-8-6-23(34)17-28(22)31/h3-9,11-12,15-18,21H,10,13-14H2,1-2H3,(H,38,42)/t21-/m1/s1. The number of ketones is 1. The van der Waals surface area contributed by atoms with Crippen molar-refractivity contribution in [1.29, 1.82) is 0 Å². The molecule has 2 heterocycles. The first-order valence-corrected chi connectivity index (χ1v) is 15.6. The highest BCUT2D eigenvalue weighted by Gasteiger charge is 2.25. The summed E-state index contributed by atoms with van der Waals surface area (Å²) in [5.41, 5.74) is 1.78. The minimum Gasteiger partial charge on any atom is -0.355 e. The lowest BCUT2D eigenvalue weighted by Gasteiger charge is -2.20. The Hall–Kier alpha value is -4.84. The van der Waals surface area contributed by atoms with E-state index < -0.39 is 45.1 Å². The number of halogens is 4. The summed E-state index contributed by atoms with van der Waals surface area (Å²) >= 11 is 0. The smallest absolute Gasteiger partial charge is 0.254 e. The van der Waals surface area contributed by atoms with E-state index >= 15 is 0 Å². The lowest BCUT2D eigenvalue weighted by Crippen LogP contribution is -2.19. The van der Waals surface area contributed by atoms with Gasteiger partial charge in [0, 0.05) is 55.2 Å². The van der Waals surface area contributed by atoms with Gasteiger partial charge in [0.15, 0.2) is 0 Å². The first-order chi connectivity index (χ1) is 21.3. The topological polar surface area (TPSA) is 98.1 Å². The molecule has 1 N–H and O–H groups in total. The van der Waals surface area contributed by atoms with Crippen LogP contribution in [0.5, 0.6) is 0 Å². The van der Waals surface area contributed by atoms with Gasteiger partial charge < -0.3 is 5.32 Å². The van der Waals surface area contributed by atoms with Gasteiger partial charge in [-0.25, -0.2) is 30.0 Å². The number of nitrogens with one attached hydrogen (secondary N) is 1. The quantitative estimate of drug-likeness (QED) is 0.191. The number of pyridine rings is 1. The number of hydrogen-bond acceptors (Lipinski definition) is 5. The number of fused-ring (bicyclic) bond motifs is 1. The van der Waals surface area contributed by atoms with Crippen molar-refractivity contribution in [2.75, 3.05) is 13.3 Å². The number of nitrogens with zero attached hydrogens (tertiary/aromatic N) is 2. The molecule has 0 aliphatic carbocycles. The van der Waals surface area contributed by atoms with Crippen LogP contribution < -0.4 is 5.32 Å². The number of amides is 1. The van der Waals surface area contributed by atoms with Gasteiger partial charge in [0.05, 0.1) is 23.0 Å². The summed E-state index contributed by atoms with van der Waals surface area (Å²) in [5.74, 6) is -4.75. The van der Waals surface area contributed by atoms with Gasteiger partial charge in [-0.3, -0.25) is 14.6 Å². The summed E-state index contributed by atoms with van der Waals surface area (Å²) in [4.78, 5) is 30.4. The van der Waals surface area contributed by atoms with Crippen LogP contribution in [0, 0.1) is 23.3 Å². The molecule has 7 nitrogen and oxygen atoms in total. The normalized spacial score (nSPS) is 12.3. The van der Waals surface area contributed by atoms with E-state index in [0.717, 1.165) is 46.6 Å². The van der Waals surface area contributed by atoms with Crippen LogP contribution in [0.2, 0.25) is 0 Å². The number of rotatable bonds is 10. The van der Waals surface area contributed by atoms with Gasteiger partial charge in [0.25, 0.3) is 5.91 Å². The molecule has 12 heteroatoms. The fraction of sp³-hybridized carbons (Fsp3) is 0.182. The number of aromatic nitrogens is 2. The number of carbonyl (C=O) groups is 2. The summed E-state index contributed by atoms with van der Waals surface area (Å²) in [7, 11) is -2.41. The van der Waals surface area contributed by atoms with E-state index in [0.29, 0.717) is 16.8 Å². The van der Waals surface area contributed by atoms with Gasteiger partial charge in [0.1, 0.15) is 29.1 Å². The minimum absolute atomic E-state index is 0.0202. The van der Waals surface area contributed by atoms with Crippen molar-refractivity contribution in [3.63, 3.8) is 0 Å². The molecule has 5 aromatic rings. The maximum absolute atomic E-state index is 14.5. The SMILES string of the molecule is CNC(=O)c1cc(-c2cccnc2[C@@H](CC(=O)Cc2cn(S(C)(=O)=O)c3ccc(F)cc23)Cc2cc(F)cc(F)c2)ccc1F. The second-order valence-electron chi connectivity index (χ2n) is 10.7. The lowest BCUT2D eigenvalue weighted by molar-refractivity contribution is -0.118. The zero-order chi connectivity index (χ0) is 32.5. The first-order valence-electron chi connectivity index (χ1n) is 13.8. The van der Waals surface area contributed by atoms with Crippen molar-refractivity contribution >= 4 is 32.6 Å². The predicted molar refractivity (Wildman–Crippen MR) is 161 cm³/mol. The van der Waals surface area contributed by atoms with Crippen molar-refractivity contribution in [2.45, 2.75) is 25.2 Å². The molecule has 1 amide bonds. The summed E-state index contributed by atoms with van der Waals surface area (Å²) in [6.07, 6.45) is 3.26. The molecule has 0 radical (unpaired) electrons. The molecule has 0 unspecified atom stereocenters. The van der Waals surface area contributed by atoms with Crippen LogP contribution in [0.1, 0.15) is 39.5 Å². The monoisotopic (exact) mass is 637 g/mol. The fourth-order valence-corrected chi connectivity index (χ4v) is 6.32. The maximum atomic E-state index is 14.5. The molecule has 45 heavy (non-hydrogen) atoms. The first kappa shape index (κ1) is 31.6.